The number of anilines is 1. The lowest BCUT2D eigenvalue weighted by Gasteiger charge is -2.29. The molecule has 0 aromatic carbocycles. The van der Waals surface area contributed by atoms with Crippen LogP contribution in [0, 0.1) is 5.92 Å². The molecule has 3 heterocycles. The number of fused-ring (bicyclic) bond motifs is 1. The van der Waals surface area contributed by atoms with Gasteiger partial charge in [0.05, 0.1) is 18.8 Å². The molecule has 1 saturated carbocycles. The van der Waals surface area contributed by atoms with E-state index in [0.29, 0.717) is 36.9 Å². The summed E-state index contributed by atoms with van der Waals surface area (Å²) in [5.41, 5.74) is 1.76. The number of pyridine rings is 1. The number of carbonyl (C=O) groups excluding carboxylic acids is 1. The SMILES string of the molecule is C[C@@H](C1CC1)N1Cc2cc(Cl)nc(N3CCOCC3)c2C1=O. The average molecular weight is 322 g/mol. The molecule has 1 saturated heterocycles. The molecule has 1 aromatic rings. The van der Waals surface area contributed by atoms with E-state index in [4.69, 9.17) is 16.3 Å². The number of aromatic nitrogens is 1. The average Bonchev–Trinajstić information content (AvgIpc) is 3.32. The van der Waals surface area contributed by atoms with Gasteiger partial charge >= 0.3 is 0 Å². The van der Waals surface area contributed by atoms with E-state index in [1.54, 1.807) is 0 Å². The van der Waals surface area contributed by atoms with Crippen molar-refractivity contribution in [3.63, 3.8) is 0 Å². The molecule has 22 heavy (non-hydrogen) atoms. The van der Waals surface area contributed by atoms with Gasteiger partial charge in [-0.15, -0.1) is 0 Å². The third-order valence-electron chi connectivity index (χ3n) is 4.97. The minimum atomic E-state index is 0.111. The van der Waals surface area contributed by atoms with E-state index >= 15 is 0 Å². The maximum absolute atomic E-state index is 12.9. The Bertz CT molecular complexity index is 612. The van der Waals surface area contributed by atoms with Crippen molar-refractivity contribution >= 4 is 23.3 Å². The van der Waals surface area contributed by atoms with Crippen LogP contribution in [0.5, 0.6) is 0 Å². The summed E-state index contributed by atoms with van der Waals surface area (Å²) in [6.07, 6.45) is 2.47. The zero-order chi connectivity index (χ0) is 15.3. The summed E-state index contributed by atoms with van der Waals surface area (Å²) in [4.78, 5) is 21.5. The normalized spacial score (nSPS) is 22.9. The molecule has 3 aliphatic rings. The van der Waals surface area contributed by atoms with E-state index < -0.39 is 0 Å². The molecule has 6 heteroatoms. The van der Waals surface area contributed by atoms with Crippen LogP contribution in [-0.2, 0) is 11.3 Å². The maximum atomic E-state index is 12.9. The van der Waals surface area contributed by atoms with Crippen molar-refractivity contribution in [3.8, 4) is 0 Å². The first-order valence-electron chi connectivity index (χ1n) is 7.98. The summed E-state index contributed by atoms with van der Waals surface area (Å²) < 4.78 is 5.40. The van der Waals surface area contributed by atoms with Crippen molar-refractivity contribution in [2.45, 2.75) is 32.4 Å². The predicted molar refractivity (Wildman–Crippen MR) is 84.3 cm³/mol. The number of hydrogen-bond donors (Lipinski definition) is 0. The van der Waals surface area contributed by atoms with Crippen LogP contribution >= 0.6 is 11.6 Å². The molecule has 1 amide bonds. The number of hydrogen-bond acceptors (Lipinski definition) is 4. The topological polar surface area (TPSA) is 45.7 Å². The number of morpholine rings is 1. The number of nitrogens with zero attached hydrogens (tertiary/aromatic N) is 3. The molecule has 4 rings (SSSR count). The number of ether oxygens (including phenoxy) is 1. The van der Waals surface area contributed by atoms with Gasteiger partial charge < -0.3 is 14.5 Å². The van der Waals surface area contributed by atoms with Gasteiger partial charge in [-0.25, -0.2) is 4.98 Å². The second-order valence-corrected chi connectivity index (χ2v) is 6.80. The predicted octanol–water partition coefficient (Wildman–Crippen LogP) is 2.33. The van der Waals surface area contributed by atoms with Crippen LogP contribution in [0.3, 0.4) is 0 Å². The Morgan fingerprint density at radius 3 is 2.77 bits per heavy atom. The second kappa shape index (κ2) is 5.39. The molecule has 2 aliphatic heterocycles. The van der Waals surface area contributed by atoms with Crippen LogP contribution in [0.25, 0.3) is 0 Å². The Morgan fingerprint density at radius 1 is 1.36 bits per heavy atom. The van der Waals surface area contributed by atoms with Crippen LogP contribution in [0.2, 0.25) is 5.15 Å². The largest absolute Gasteiger partial charge is 0.378 e. The number of amides is 1. The van der Waals surface area contributed by atoms with E-state index in [2.05, 4.69) is 16.8 Å². The molecule has 0 N–H and O–H groups in total. The fourth-order valence-electron chi connectivity index (χ4n) is 3.47. The molecule has 1 aliphatic carbocycles. The van der Waals surface area contributed by atoms with E-state index in [0.717, 1.165) is 30.0 Å². The van der Waals surface area contributed by atoms with E-state index in [1.807, 2.05) is 11.0 Å². The number of halogens is 1. The summed E-state index contributed by atoms with van der Waals surface area (Å²) in [5.74, 6) is 1.51. The molecule has 5 nitrogen and oxygen atoms in total. The maximum Gasteiger partial charge on any atom is 0.258 e. The van der Waals surface area contributed by atoms with Crippen LogP contribution in [0.15, 0.2) is 6.07 Å². The zero-order valence-corrected chi connectivity index (χ0v) is 13.5. The molecule has 0 unspecified atom stereocenters. The first kappa shape index (κ1) is 14.3. The molecule has 1 atom stereocenters. The minimum absolute atomic E-state index is 0.111. The van der Waals surface area contributed by atoms with Gasteiger partial charge in [0.15, 0.2) is 0 Å². The fourth-order valence-corrected chi connectivity index (χ4v) is 3.68. The first-order valence-corrected chi connectivity index (χ1v) is 8.36. The molecule has 1 aromatic heterocycles. The van der Waals surface area contributed by atoms with Crippen LogP contribution in [0.4, 0.5) is 5.82 Å². The Hall–Kier alpha value is -1.33. The lowest BCUT2D eigenvalue weighted by atomic mass is 10.1. The second-order valence-electron chi connectivity index (χ2n) is 6.41. The number of carbonyl (C=O) groups is 1. The van der Waals surface area contributed by atoms with E-state index in [9.17, 15) is 4.79 Å². The van der Waals surface area contributed by atoms with Gasteiger partial charge in [-0.3, -0.25) is 4.79 Å². The third-order valence-corrected chi connectivity index (χ3v) is 5.17. The molecular weight excluding hydrogens is 302 g/mol. The molecule has 0 bridgehead atoms. The fraction of sp³-hybridized carbons (Fsp3) is 0.625. The molecule has 2 fully saturated rings. The van der Waals surface area contributed by atoms with Gasteiger partial charge in [0.1, 0.15) is 11.0 Å². The lowest BCUT2D eigenvalue weighted by molar-refractivity contribution is 0.0697. The monoisotopic (exact) mass is 321 g/mol. The highest BCUT2D eigenvalue weighted by Crippen LogP contribution is 2.40. The smallest absolute Gasteiger partial charge is 0.258 e. The molecular formula is C16H20ClN3O2. The quantitative estimate of drug-likeness (QED) is 0.802. The van der Waals surface area contributed by atoms with Crippen LogP contribution in [0.1, 0.15) is 35.7 Å². The van der Waals surface area contributed by atoms with Crippen molar-refractivity contribution in [1.82, 2.24) is 9.88 Å². The van der Waals surface area contributed by atoms with E-state index in [1.165, 1.54) is 12.8 Å². The Labute approximate surface area is 135 Å². The summed E-state index contributed by atoms with van der Waals surface area (Å²) in [6, 6.07) is 2.15. The standard InChI is InChI=1S/C16H20ClN3O2/c1-10(11-2-3-11)20-9-12-8-13(17)18-15(14(12)16(20)21)19-4-6-22-7-5-19/h8,10-11H,2-7,9H2,1H3/t10-/m0/s1. The Balaban J connectivity index is 1.69. The molecule has 0 radical (unpaired) electrons. The lowest BCUT2D eigenvalue weighted by Crippen LogP contribution is -2.39. The van der Waals surface area contributed by atoms with Gasteiger partial charge in [0, 0.05) is 25.7 Å². The van der Waals surface area contributed by atoms with Crippen LogP contribution < -0.4 is 4.90 Å². The Kier molecular flexibility index (Phi) is 3.50. The highest BCUT2D eigenvalue weighted by molar-refractivity contribution is 6.29. The Morgan fingerprint density at radius 2 is 2.09 bits per heavy atom. The summed E-state index contributed by atoms with van der Waals surface area (Å²) in [6.45, 7) is 5.66. The van der Waals surface area contributed by atoms with Crippen molar-refractivity contribution in [3.05, 3.63) is 22.3 Å². The third kappa shape index (κ3) is 2.36. The van der Waals surface area contributed by atoms with Crippen molar-refractivity contribution in [2.24, 2.45) is 5.92 Å². The minimum Gasteiger partial charge on any atom is -0.378 e. The summed E-state index contributed by atoms with van der Waals surface area (Å²) in [7, 11) is 0. The van der Waals surface area contributed by atoms with Crippen LogP contribution in [-0.4, -0.2) is 48.1 Å². The van der Waals surface area contributed by atoms with Gasteiger partial charge in [-0.05, 0) is 37.3 Å². The van der Waals surface area contributed by atoms with Gasteiger partial charge in [-0.1, -0.05) is 11.6 Å². The highest BCUT2D eigenvalue weighted by atomic mass is 35.5. The molecule has 0 spiro atoms. The van der Waals surface area contributed by atoms with Gasteiger partial charge in [-0.2, -0.15) is 0 Å². The van der Waals surface area contributed by atoms with E-state index in [-0.39, 0.29) is 5.91 Å². The number of rotatable bonds is 3. The summed E-state index contributed by atoms with van der Waals surface area (Å²) >= 11 is 6.20. The first-order chi connectivity index (χ1) is 10.6. The van der Waals surface area contributed by atoms with Crippen molar-refractivity contribution in [2.75, 3.05) is 31.2 Å². The summed E-state index contributed by atoms with van der Waals surface area (Å²) in [5, 5.41) is 0.467. The van der Waals surface area contributed by atoms with Crippen molar-refractivity contribution < 1.29 is 9.53 Å². The van der Waals surface area contributed by atoms with Crippen molar-refractivity contribution in [1.29, 1.82) is 0 Å². The molecule has 118 valence electrons. The van der Waals surface area contributed by atoms with Gasteiger partial charge in [0.25, 0.3) is 5.91 Å². The van der Waals surface area contributed by atoms with Gasteiger partial charge in [0.2, 0.25) is 0 Å². The zero-order valence-electron chi connectivity index (χ0n) is 12.7. The highest BCUT2D eigenvalue weighted by Gasteiger charge is 2.40.